The molecule has 0 unspecified atom stereocenters. The standard InChI is InChI=1S/C24H22ClNO/c1-27-23-17-15-22(16-18-23)26-24(20-11-13-21(25)14-12-20)10-6-5-9-19-7-3-2-4-8-19/h2-4,7-8,11-18,24,26H,5,9H2,1H3/t24-/m0/s1. The van der Waals surface area contributed by atoms with E-state index >= 15 is 0 Å². The van der Waals surface area contributed by atoms with Gasteiger partial charge in [-0.25, -0.2) is 0 Å². The summed E-state index contributed by atoms with van der Waals surface area (Å²) in [5.41, 5.74) is 3.38. The molecule has 3 aromatic carbocycles. The molecule has 0 saturated carbocycles. The van der Waals surface area contributed by atoms with E-state index < -0.39 is 0 Å². The highest BCUT2D eigenvalue weighted by Gasteiger charge is 2.08. The minimum atomic E-state index is -0.105. The van der Waals surface area contributed by atoms with Crippen LogP contribution in [0.25, 0.3) is 0 Å². The number of nitrogens with one attached hydrogen (secondary N) is 1. The SMILES string of the molecule is COc1ccc(N[C@@H](C#CCCc2ccccc2)c2ccc(Cl)cc2)cc1. The fourth-order valence-electron chi connectivity index (χ4n) is 2.74. The van der Waals surface area contributed by atoms with E-state index in [0.29, 0.717) is 0 Å². The van der Waals surface area contributed by atoms with Crippen molar-refractivity contribution in [3.05, 3.63) is 95.0 Å². The van der Waals surface area contributed by atoms with Gasteiger partial charge >= 0.3 is 0 Å². The van der Waals surface area contributed by atoms with E-state index in [0.717, 1.165) is 34.9 Å². The van der Waals surface area contributed by atoms with Gasteiger partial charge in [-0.1, -0.05) is 60.0 Å². The average Bonchev–Trinajstić information content (AvgIpc) is 2.72. The van der Waals surface area contributed by atoms with Crippen LogP contribution in [0.15, 0.2) is 78.9 Å². The van der Waals surface area contributed by atoms with Crippen molar-refractivity contribution >= 4 is 17.3 Å². The van der Waals surface area contributed by atoms with Gasteiger partial charge in [0.25, 0.3) is 0 Å². The Morgan fingerprint density at radius 3 is 2.30 bits per heavy atom. The summed E-state index contributed by atoms with van der Waals surface area (Å²) in [5, 5.41) is 4.21. The van der Waals surface area contributed by atoms with Crippen molar-refractivity contribution in [1.82, 2.24) is 0 Å². The zero-order chi connectivity index (χ0) is 18.9. The molecule has 0 aliphatic heterocycles. The molecule has 0 aliphatic carbocycles. The Hall–Kier alpha value is -2.89. The number of hydrogen-bond acceptors (Lipinski definition) is 2. The quantitative estimate of drug-likeness (QED) is 0.522. The molecule has 0 aromatic heterocycles. The molecule has 3 aromatic rings. The molecule has 1 N–H and O–H groups in total. The molecular weight excluding hydrogens is 354 g/mol. The predicted octanol–water partition coefficient (Wildman–Crippen LogP) is 6.14. The maximum atomic E-state index is 6.03. The van der Waals surface area contributed by atoms with Crippen molar-refractivity contribution < 1.29 is 4.74 Å². The molecule has 0 saturated heterocycles. The minimum absolute atomic E-state index is 0.105. The van der Waals surface area contributed by atoms with Crippen LogP contribution in [-0.4, -0.2) is 7.11 Å². The first-order valence-corrected chi connectivity index (χ1v) is 9.31. The lowest BCUT2D eigenvalue weighted by atomic mass is 10.1. The molecule has 0 amide bonds. The summed E-state index contributed by atoms with van der Waals surface area (Å²) in [6, 6.07) is 26.0. The van der Waals surface area contributed by atoms with Crippen LogP contribution in [0.4, 0.5) is 5.69 Å². The summed E-state index contributed by atoms with van der Waals surface area (Å²) < 4.78 is 5.22. The largest absolute Gasteiger partial charge is 0.497 e. The van der Waals surface area contributed by atoms with Gasteiger partial charge in [-0.05, 0) is 53.9 Å². The van der Waals surface area contributed by atoms with Gasteiger partial charge < -0.3 is 10.1 Å². The van der Waals surface area contributed by atoms with Crippen molar-refractivity contribution in [3.63, 3.8) is 0 Å². The summed E-state index contributed by atoms with van der Waals surface area (Å²) >= 11 is 6.03. The number of anilines is 1. The van der Waals surface area contributed by atoms with E-state index in [2.05, 4.69) is 41.4 Å². The Labute approximate surface area is 166 Å². The van der Waals surface area contributed by atoms with Crippen LogP contribution in [0.1, 0.15) is 23.6 Å². The minimum Gasteiger partial charge on any atom is -0.497 e. The number of halogens is 1. The number of hydrogen-bond donors (Lipinski definition) is 1. The second kappa shape index (κ2) is 9.71. The van der Waals surface area contributed by atoms with Crippen molar-refractivity contribution in [2.24, 2.45) is 0 Å². The number of ether oxygens (including phenoxy) is 1. The van der Waals surface area contributed by atoms with Crippen LogP contribution in [-0.2, 0) is 6.42 Å². The highest BCUT2D eigenvalue weighted by atomic mass is 35.5. The second-order valence-electron chi connectivity index (χ2n) is 6.16. The summed E-state index contributed by atoms with van der Waals surface area (Å²) in [7, 11) is 1.66. The van der Waals surface area contributed by atoms with Gasteiger partial charge in [-0.2, -0.15) is 0 Å². The van der Waals surface area contributed by atoms with Crippen molar-refractivity contribution in [2.45, 2.75) is 18.9 Å². The normalized spacial score (nSPS) is 11.2. The lowest BCUT2D eigenvalue weighted by Crippen LogP contribution is -2.08. The first kappa shape index (κ1) is 18.9. The van der Waals surface area contributed by atoms with Crippen LogP contribution in [0.3, 0.4) is 0 Å². The van der Waals surface area contributed by atoms with Crippen molar-refractivity contribution in [3.8, 4) is 17.6 Å². The maximum absolute atomic E-state index is 6.03. The van der Waals surface area contributed by atoms with Crippen LogP contribution in [0.2, 0.25) is 5.02 Å². The highest BCUT2D eigenvalue weighted by molar-refractivity contribution is 6.30. The van der Waals surface area contributed by atoms with Crippen molar-refractivity contribution in [2.75, 3.05) is 12.4 Å². The lowest BCUT2D eigenvalue weighted by molar-refractivity contribution is 0.415. The van der Waals surface area contributed by atoms with E-state index in [1.807, 2.05) is 54.6 Å². The molecule has 0 spiro atoms. The monoisotopic (exact) mass is 375 g/mol. The van der Waals surface area contributed by atoms with E-state index in [1.165, 1.54) is 5.56 Å². The molecular formula is C24H22ClNO. The second-order valence-corrected chi connectivity index (χ2v) is 6.60. The van der Waals surface area contributed by atoms with Gasteiger partial charge in [0.05, 0.1) is 7.11 Å². The van der Waals surface area contributed by atoms with E-state index in [9.17, 15) is 0 Å². The molecule has 0 heterocycles. The van der Waals surface area contributed by atoms with Gasteiger partial charge in [0, 0.05) is 17.1 Å². The van der Waals surface area contributed by atoms with Crippen LogP contribution < -0.4 is 10.1 Å². The number of rotatable bonds is 6. The molecule has 3 rings (SSSR count). The molecule has 0 bridgehead atoms. The van der Waals surface area contributed by atoms with Gasteiger partial charge in [0.2, 0.25) is 0 Å². The summed E-state index contributed by atoms with van der Waals surface area (Å²) in [6.45, 7) is 0. The molecule has 136 valence electrons. The van der Waals surface area contributed by atoms with Gasteiger partial charge in [0.1, 0.15) is 11.8 Å². The Morgan fingerprint density at radius 1 is 0.926 bits per heavy atom. The first-order valence-electron chi connectivity index (χ1n) is 8.93. The number of methoxy groups -OCH3 is 1. The zero-order valence-electron chi connectivity index (χ0n) is 15.3. The van der Waals surface area contributed by atoms with Crippen LogP contribution >= 0.6 is 11.6 Å². The van der Waals surface area contributed by atoms with Gasteiger partial charge in [-0.15, -0.1) is 5.92 Å². The fourth-order valence-corrected chi connectivity index (χ4v) is 2.86. The molecule has 2 nitrogen and oxygen atoms in total. The van der Waals surface area contributed by atoms with E-state index in [4.69, 9.17) is 16.3 Å². The lowest BCUT2D eigenvalue weighted by Gasteiger charge is -2.15. The fraction of sp³-hybridized carbons (Fsp3) is 0.167. The molecule has 0 aliphatic rings. The predicted molar refractivity (Wildman–Crippen MR) is 113 cm³/mol. The maximum Gasteiger partial charge on any atom is 0.119 e. The van der Waals surface area contributed by atoms with Crippen LogP contribution in [0, 0.1) is 11.8 Å². The van der Waals surface area contributed by atoms with Gasteiger partial charge in [0.15, 0.2) is 0 Å². The van der Waals surface area contributed by atoms with Crippen LogP contribution in [0.5, 0.6) is 5.75 Å². The first-order chi connectivity index (χ1) is 13.2. The Balaban J connectivity index is 1.73. The molecule has 0 radical (unpaired) electrons. The third-order valence-corrected chi connectivity index (χ3v) is 4.48. The van der Waals surface area contributed by atoms with E-state index in [-0.39, 0.29) is 6.04 Å². The molecule has 3 heteroatoms. The summed E-state index contributed by atoms with van der Waals surface area (Å²) in [5.74, 6) is 7.52. The van der Waals surface area contributed by atoms with Gasteiger partial charge in [-0.3, -0.25) is 0 Å². The summed E-state index contributed by atoms with van der Waals surface area (Å²) in [4.78, 5) is 0. The van der Waals surface area contributed by atoms with Crippen molar-refractivity contribution in [1.29, 1.82) is 0 Å². The smallest absolute Gasteiger partial charge is 0.119 e. The Kier molecular flexibility index (Phi) is 6.79. The Morgan fingerprint density at radius 2 is 1.63 bits per heavy atom. The average molecular weight is 376 g/mol. The topological polar surface area (TPSA) is 21.3 Å². The third-order valence-electron chi connectivity index (χ3n) is 4.23. The number of aryl methyl sites for hydroxylation is 1. The highest BCUT2D eigenvalue weighted by Crippen LogP contribution is 2.23. The zero-order valence-corrected chi connectivity index (χ0v) is 16.0. The molecule has 0 fully saturated rings. The number of benzene rings is 3. The molecule has 27 heavy (non-hydrogen) atoms. The summed E-state index contributed by atoms with van der Waals surface area (Å²) in [6.07, 6.45) is 1.77. The molecule has 1 atom stereocenters. The van der Waals surface area contributed by atoms with E-state index in [1.54, 1.807) is 7.11 Å². The third kappa shape index (κ3) is 5.81. The Bertz CT molecular complexity index is 893.